The van der Waals surface area contributed by atoms with Crippen molar-refractivity contribution in [1.82, 2.24) is 0 Å². The second-order valence-corrected chi connectivity index (χ2v) is 19.9. The highest BCUT2D eigenvalue weighted by atomic mass is 31.2. The molecule has 10 heteroatoms. The average Bonchev–Trinajstić information content (AvgIpc) is 3.30. The van der Waals surface area contributed by atoms with E-state index >= 15 is 0 Å². The Hall–Kier alpha value is -3.33. The summed E-state index contributed by atoms with van der Waals surface area (Å²) in [6.07, 6.45) is 67.0. The molecule has 0 radical (unpaired) electrons. The summed E-state index contributed by atoms with van der Waals surface area (Å²) in [4.78, 5) is 37.6. The maximum absolute atomic E-state index is 12.7. The maximum atomic E-state index is 12.7. The quantitative estimate of drug-likeness (QED) is 0.0195. The minimum absolute atomic E-state index is 0.0396. The zero-order chi connectivity index (χ0) is 49.9. The van der Waals surface area contributed by atoms with E-state index in [1.54, 1.807) is 0 Å². The molecule has 0 aliphatic carbocycles. The molecule has 0 saturated heterocycles. The molecule has 2 unspecified atom stereocenters. The summed E-state index contributed by atoms with van der Waals surface area (Å²) >= 11 is 0. The van der Waals surface area contributed by atoms with Gasteiger partial charge in [0.05, 0.1) is 27.7 Å². The number of carbonyl (C=O) groups is 2. The van der Waals surface area contributed by atoms with E-state index in [-0.39, 0.29) is 26.1 Å². The van der Waals surface area contributed by atoms with E-state index in [2.05, 4.69) is 123 Å². The highest BCUT2D eigenvalue weighted by Crippen LogP contribution is 2.38. The molecule has 0 spiro atoms. The van der Waals surface area contributed by atoms with Crippen LogP contribution in [-0.4, -0.2) is 70.0 Å². The zero-order valence-electron chi connectivity index (χ0n) is 43.8. The Morgan fingerprint density at radius 1 is 0.471 bits per heavy atom. The Morgan fingerprint density at radius 2 is 0.838 bits per heavy atom. The first-order valence-corrected chi connectivity index (χ1v) is 28.1. The van der Waals surface area contributed by atoms with Gasteiger partial charge in [0.25, 0.3) is 7.82 Å². The molecule has 0 amide bonds. The van der Waals surface area contributed by atoms with E-state index in [0.717, 1.165) is 109 Å². The van der Waals surface area contributed by atoms with Gasteiger partial charge in [0.2, 0.25) is 0 Å². The molecule has 0 saturated carbocycles. The number of rotatable bonds is 47. The van der Waals surface area contributed by atoms with Crippen molar-refractivity contribution in [3.63, 3.8) is 0 Å². The second kappa shape index (κ2) is 48.7. The van der Waals surface area contributed by atoms with Crippen molar-refractivity contribution in [3.05, 3.63) is 109 Å². The van der Waals surface area contributed by atoms with Gasteiger partial charge >= 0.3 is 11.9 Å². The summed E-state index contributed by atoms with van der Waals surface area (Å²) < 4.78 is 34.0. The lowest BCUT2D eigenvalue weighted by molar-refractivity contribution is -0.870. The lowest BCUT2D eigenvalue weighted by Gasteiger charge is -2.28. The van der Waals surface area contributed by atoms with Crippen molar-refractivity contribution < 1.29 is 42.1 Å². The number of esters is 2. The van der Waals surface area contributed by atoms with Gasteiger partial charge in [0.15, 0.2) is 6.10 Å². The van der Waals surface area contributed by atoms with Gasteiger partial charge in [-0.2, -0.15) is 0 Å². The fourth-order valence-electron chi connectivity index (χ4n) is 6.71. The summed E-state index contributed by atoms with van der Waals surface area (Å²) in [5.74, 6) is -0.864. The van der Waals surface area contributed by atoms with Gasteiger partial charge < -0.3 is 27.9 Å². The van der Waals surface area contributed by atoms with Crippen molar-refractivity contribution in [1.29, 1.82) is 0 Å². The number of ether oxygens (including phenoxy) is 2. The Balaban J connectivity index is 4.22. The number of carbonyl (C=O) groups excluding carboxylic acids is 2. The van der Waals surface area contributed by atoms with Crippen LogP contribution >= 0.6 is 7.82 Å². The smallest absolute Gasteiger partial charge is 0.306 e. The molecular weight excluding hydrogens is 870 g/mol. The van der Waals surface area contributed by atoms with Gasteiger partial charge in [-0.15, -0.1) is 0 Å². The molecule has 0 aromatic rings. The van der Waals surface area contributed by atoms with Crippen molar-refractivity contribution >= 4 is 19.8 Å². The predicted octanol–water partition coefficient (Wildman–Crippen LogP) is 15.6. The molecule has 0 rings (SSSR count). The minimum Gasteiger partial charge on any atom is -0.756 e. The van der Waals surface area contributed by atoms with Gasteiger partial charge in [-0.1, -0.05) is 207 Å². The summed E-state index contributed by atoms with van der Waals surface area (Å²) in [7, 11) is 1.14. The van der Waals surface area contributed by atoms with Crippen LogP contribution in [0.4, 0.5) is 0 Å². The topological polar surface area (TPSA) is 111 Å². The summed E-state index contributed by atoms with van der Waals surface area (Å²) in [6, 6.07) is 0. The van der Waals surface area contributed by atoms with Gasteiger partial charge in [-0.25, -0.2) is 0 Å². The Morgan fingerprint density at radius 3 is 1.25 bits per heavy atom. The number of likely N-dealkylation sites (N-methyl/N-ethyl adjacent to an activating group) is 1. The number of unbranched alkanes of at least 4 members (excludes halogenated alkanes) is 15. The molecule has 0 aromatic carbocycles. The molecule has 0 heterocycles. The third-order valence-electron chi connectivity index (χ3n) is 10.8. The van der Waals surface area contributed by atoms with Crippen molar-refractivity contribution in [2.45, 2.75) is 200 Å². The SMILES string of the molecule is CC/C=C\C/C=C\C/C=C\C/C=C\C/C=C\C/C=C\C/C=C\C/C=C\C/C=C\CCCCCCCC(=O)OC(COC(=O)CCCCCCCCCCCCC)COP(=O)([O-])OCC[N+](C)(C)C. The molecule has 0 bridgehead atoms. The number of hydrogen-bond donors (Lipinski definition) is 0. The van der Waals surface area contributed by atoms with Crippen LogP contribution in [0.15, 0.2) is 109 Å². The fraction of sp³-hybridized carbons (Fsp3) is 0.655. The van der Waals surface area contributed by atoms with Gasteiger partial charge in [-0.3, -0.25) is 14.2 Å². The zero-order valence-corrected chi connectivity index (χ0v) is 44.7. The van der Waals surface area contributed by atoms with Crippen LogP contribution in [0, 0.1) is 0 Å². The maximum Gasteiger partial charge on any atom is 0.306 e. The normalized spacial score (nSPS) is 14.3. The van der Waals surface area contributed by atoms with Crippen LogP contribution in [0.1, 0.15) is 194 Å². The molecule has 0 fully saturated rings. The van der Waals surface area contributed by atoms with Crippen LogP contribution in [-0.2, 0) is 32.7 Å². The first kappa shape index (κ1) is 64.7. The number of quaternary nitrogens is 1. The molecule has 0 aromatic heterocycles. The number of phosphoric acid groups is 1. The Labute approximate surface area is 416 Å². The molecule has 2 atom stereocenters. The number of nitrogens with zero attached hydrogens (tertiary/aromatic N) is 1. The van der Waals surface area contributed by atoms with Crippen LogP contribution in [0.3, 0.4) is 0 Å². The third-order valence-corrected chi connectivity index (χ3v) is 11.8. The summed E-state index contributed by atoms with van der Waals surface area (Å²) in [6.45, 7) is 4.07. The largest absolute Gasteiger partial charge is 0.756 e. The summed E-state index contributed by atoms with van der Waals surface area (Å²) in [5.41, 5.74) is 0. The minimum atomic E-state index is -4.64. The standard InChI is InChI=1S/C58H98NO8P/c1-6-8-10-12-14-16-18-19-20-21-22-23-24-25-26-27-28-29-30-31-32-33-34-35-36-37-38-39-41-43-45-47-49-51-58(61)67-56(55-66-68(62,63)65-53-52-59(3,4)5)54-64-57(60)50-48-46-44-42-40-17-15-13-11-9-7-2/h8,10,14,16,19-20,22-23,25-26,28-29,31-32,34-35,37-38,56H,6-7,9,11-13,15,17-18,21,24,27,30,33,36,39-55H2,1-5H3/b10-8-,16-14-,20-19-,23-22-,26-25-,29-28-,32-31-,35-34-,38-37-. The predicted molar refractivity (Wildman–Crippen MR) is 286 cm³/mol. The molecule has 9 nitrogen and oxygen atoms in total. The van der Waals surface area contributed by atoms with E-state index in [1.807, 2.05) is 21.1 Å². The van der Waals surface area contributed by atoms with E-state index in [4.69, 9.17) is 18.5 Å². The van der Waals surface area contributed by atoms with E-state index in [9.17, 15) is 19.0 Å². The first-order valence-electron chi connectivity index (χ1n) is 26.6. The Kier molecular flexibility index (Phi) is 46.3. The number of hydrogen-bond acceptors (Lipinski definition) is 8. The van der Waals surface area contributed by atoms with Gasteiger partial charge in [-0.05, 0) is 83.5 Å². The third kappa shape index (κ3) is 52.0. The lowest BCUT2D eigenvalue weighted by atomic mass is 10.1. The molecular formula is C58H98NO8P. The van der Waals surface area contributed by atoms with Crippen molar-refractivity contribution in [2.24, 2.45) is 0 Å². The second-order valence-electron chi connectivity index (χ2n) is 18.5. The van der Waals surface area contributed by atoms with E-state index in [1.165, 1.54) is 51.4 Å². The number of allylic oxidation sites excluding steroid dienone is 18. The number of phosphoric ester groups is 1. The van der Waals surface area contributed by atoms with Crippen LogP contribution < -0.4 is 4.89 Å². The highest BCUT2D eigenvalue weighted by molar-refractivity contribution is 7.45. The average molecular weight is 968 g/mol. The van der Waals surface area contributed by atoms with Gasteiger partial charge in [0.1, 0.15) is 19.8 Å². The van der Waals surface area contributed by atoms with E-state index < -0.39 is 32.5 Å². The molecule has 388 valence electrons. The highest BCUT2D eigenvalue weighted by Gasteiger charge is 2.21. The molecule has 0 aliphatic rings. The molecule has 0 aliphatic heterocycles. The van der Waals surface area contributed by atoms with Crippen LogP contribution in [0.2, 0.25) is 0 Å². The Bertz CT molecular complexity index is 1520. The van der Waals surface area contributed by atoms with Gasteiger partial charge in [0, 0.05) is 12.8 Å². The van der Waals surface area contributed by atoms with Crippen molar-refractivity contribution in [2.75, 3.05) is 47.5 Å². The van der Waals surface area contributed by atoms with Crippen LogP contribution in [0.25, 0.3) is 0 Å². The van der Waals surface area contributed by atoms with Crippen LogP contribution in [0.5, 0.6) is 0 Å². The van der Waals surface area contributed by atoms with Crippen molar-refractivity contribution in [3.8, 4) is 0 Å². The van der Waals surface area contributed by atoms with E-state index in [0.29, 0.717) is 17.4 Å². The fourth-order valence-corrected chi connectivity index (χ4v) is 7.43. The molecule has 0 N–H and O–H groups in total. The molecule has 68 heavy (non-hydrogen) atoms. The lowest BCUT2D eigenvalue weighted by Crippen LogP contribution is -2.37. The monoisotopic (exact) mass is 968 g/mol. The summed E-state index contributed by atoms with van der Waals surface area (Å²) in [5, 5.41) is 0. The first-order chi connectivity index (χ1) is 33.0.